The maximum Gasteiger partial charge on any atom is 0.263 e. The standard InChI is InChI=1S/C23H28N2O4S/c1-18(29-21-9-3-2-4-10-21)23(26)24-13-15-25(16-14-24)30(27,28)22-12-11-19-7-5-6-8-20(19)17-22/h2-4,9-12,17-18H,5-8,13-16H2,1H3. The molecule has 1 amide bonds. The van der Waals surface area contributed by atoms with Crippen LogP contribution in [0.2, 0.25) is 0 Å². The molecule has 1 fully saturated rings. The number of nitrogens with zero attached hydrogens (tertiary/aromatic N) is 2. The van der Waals surface area contributed by atoms with Gasteiger partial charge in [-0.1, -0.05) is 24.3 Å². The zero-order valence-electron chi connectivity index (χ0n) is 17.3. The quantitative estimate of drug-likeness (QED) is 0.735. The monoisotopic (exact) mass is 428 g/mol. The Balaban J connectivity index is 1.38. The molecule has 0 spiro atoms. The zero-order chi connectivity index (χ0) is 21.1. The number of hydrogen-bond donors (Lipinski definition) is 0. The Morgan fingerprint density at radius 2 is 1.60 bits per heavy atom. The minimum atomic E-state index is -3.55. The predicted molar refractivity (Wildman–Crippen MR) is 115 cm³/mol. The summed E-state index contributed by atoms with van der Waals surface area (Å²) in [4.78, 5) is 14.8. The Labute approximate surface area is 178 Å². The molecule has 1 heterocycles. The van der Waals surface area contributed by atoms with Crippen LogP contribution >= 0.6 is 0 Å². The Bertz CT molecular complexity index is 999. The summed E-state index contributed by atoms with van der Waals surface area (Å²) < 4.78 is 33.5. The van der Waals surface area contributed by atoms with Crippen molar-refractivity contribution >= 4 is 15.9 Å². The van der Waals surface area contributed by atoms with E-state index in [2.05, 4.69) is 0 Å². The van der Waals surface area contributed by atoms with Crippen LogP contribution in [0.5, 0.6) is 5.75 Å². The molecule has 1 saturated heterocycles. The summed E-state index contributed by atoms with van der Waals surface area (Å²) in [5.74, 6) is 0.525. The van der Waals surface area contributed by atoms with Gasteiger partial charge in [-0.2, -0.15) is 4.31 Å². The highest BCUT2D eigenvalue weighted by Crippen LogP contribution is 2.26. The third-order valence-corrected chi connectivity index (χ3v) is 7.81. The number of hydrogen-bond acceptors (Lipinski definition) is 4. The fourth-order valence-electron chi connectivity index (χ4n) is 4.18. The van der Waals surface area contributed by atoms with E-state index in [9.17, 15) is 13.2 Å². The van der Waals surface area contributed by atoms with Crippen LogP contribution < -0.4 is 4.74 Å². The maximum atomic E-state index is 13.1. The molecule has 0 saturated carbocycles. The number of aryl methyl sites for hydroxylation is 2. The number of fused-ring (bicyclic) bond motifs is 1. The lowest BCUT2D eigenvalue weighted by Gasteiger charge is -2.35. The number of para-hydroxylation sites is 1. The number of amides is 1. The highest BCUT2D eigenvalue weighted by Gasteiger charge is 2.32. The average Bonchev–Trinajstić information content (AvgIpc) is 2.79. The SMILES string of the molecule is CC(Oc1ccccc1)C(=O)N1CCN(S(=O)(=O)c2ccc3c(c2)CCCC3)CC1. The lowest BCUT2D eigenvalue weighted by Crippen LogP contribution is -2.53. The molecule has 0 bridgehead atoms. The zero-order valence-corrected chi connectivity index (χ0v) is 18.1. The summed E-state index contributed by atoms with van der Waals surface area (Å²) in [6.07, 6.45) is 3.64. The molecular weight excluding hydrogens is 400 g/mol. The number of carbonyl (C=O) groups excluding carboxylic acids is 1. The molecule has 2 aromatic rings. The number of piperazine rings is 1. The van der Waals surface area contributed by atoms with E-state index in [0.717, 1.165) is 24.8 Å². The summed E-state index contributed by atoms with van der Waals surface area (Å²) in [5.41, 5.74) is 2.42. The minimum Gasteiger partial charge on any atom is -0.481 e. The van der Waals surface area contributed by atoms with Gasteiger partial charge in [0.15, 0.2) is 6.10 Å². The molecule has 4 rings (SSSR count). The molecule has 1 atom stereocenters. The molecule has 1 unspecified atom stereocenters. The molecule has 0 aromatic heterocycles. The fourth-order valence-corrected chi connectivity index (χ4v) is 5.65. The number of sulfonamides is 1. The van der Waals surface area contributed by atoms with Crippen molar-refractivity contribution in [3.63, 3.8) is 0 Å². The van der Waals surface area contributed by atoms with Crippen LogP contribution in [0.3, 0.4) is 0 Å². The largest absolute Gasteiger partial charge is 0.481 e. The van der Waals surface area contributed by atoms with Gasteiger partial charge < -0.3 is 9.64 Å². The van der Waals surface area contributed by atoms with Gasteiger partial charge in [-0.25, -0.2) is 8.42 Å². The van der Waals surface area contributed by atoms with Crippen molar-refractivity contribution in [2.24, 2.45) is 0 Å². The highest BCUT2D eigenvalue weighted by molar-refractivity contribution is 7.89. The molecule has 30 heavy (non-hydrogen) atoms. The molecule has 2 aromatic carbocycles. The molecule has 6 nitrogen and oxygen atoms in total. The minimum absolute atomic E-state index is 0.121. The molecule has 0 N–H and O–H groups in total. The van der Waals surface area contributed by atoms with E-state index in [1.807, 2.05) is 42.5 Å². The summed E-state index contributed by atoms with van der Waals surface area (Å²) in [5, 5.41) is 0. The topological polar surface area (TPSA) is 66.9 Å². The second-order valence-corrected chi connectivity index (χ2v) is 9.88. The summed E-state index contributed by atoms with van der Waals surface area (Å²) in [6.45, 7) is 3.05. The Morgan fingerprint density at radius 1 is 0.933 bits per heavy atom. The van der Waals surface area contributed by atoms with Crippen LogP contribution in [0.15, 0.2) is 53.4 Å². The first-order valence-electron chi connectivity index (χ1n) is 10.6. The van der Waals surface area contributed by atoms with E-state index in [4.69, 9.17) is 4.74 Å². The third kappa shape index (κ3) is 4.37. The van der Waals surface area contributed by atoms with Crippen LogP contribution in [0.1, 0.15) is 30.9 Å². The van der Waals surface area contributed by atoms with Crippen molar-refractivity contribution in [1.82, 2.24) is 9.21 Å². The van der Waals surface area contributed by atoms with Gasteiger partial charge >= 0.3 is 0 Å². The first-order chi connectivity index (χ1) is 14.4. The normalized spacial score (nSPS) is 18.5. The van der Waals surface area contributed by atoms with Crippen molar-refractivity contribution in [3.05, 3.63) is 59.7 Å². The van der Waals surface area contributed by atoms with Gasteiger partial charge in [-0.15, -0.1) is 0 Å². The maximum absolute atomic E-state index is 13.1. The molecule has 0 radical (unpaired) electrons. The number of carbonyl (C=O) groups is 1. The van der Waals surface area contributed by atoms with Crippen LogP contribution in [0.4, 0.5) is 0 Å². The first-order valence-corrected chi connectivity index (χ1v) is 12.0. The van der Waals surface area contributed by atoms with Crippen molar-refractivity contribution in [3.8, 4) is 5.75 Å². The van der Waals surface area contributed by atoms with Crippen LogP contribution in [-0.2, 0) is 27.7 Å². The summed E-state index contributed by atoms with van der Waals surface area (Å²) >= 11 is 0. The second kappa shape index (κ2) is 8.78. The van der Waals surface area contributed by atoms with E-state index in [-0.39, 0.29) is 5.91 Å². The average molecular weight is 429 g/mol. The lowest BCUT2D eigenvalue weighted by molar-refractivity contribution is -0.139. The lowest BCUT2D eigenvalue weighted by atomic mass is 9.92. The van der Waals surface area contributed by atoms with Crippen molar-refractivity contribution in [2.75, 3.05) is 26.2 Å². The van der Waals surface area contributed by atoms with Crippen molar-refractivity contribution in [2.45, 2.75) is 43.6 Å². The van der Waals surface area contributed by atoms with E-state index in [1.165, 1.54) is 16.3 Å². The van der Waals surface area contributed by atoms with E-state index < -0.39 is 16.1 Å². The number of ether oxygens (including phenoxy) is 1. The van der Waals surface area contributed by atoms with Gasteiger partial charge in [0, 0.05) is 26.2 Å². The van der Waals surface area contributed by atoms with Gasteiger partial charge in [0.05, 0.1) is 4.90 Å². The number of benzene rings is 2. The second-order valence-electron chi connectivity index (χ2n) is 7.94. The van der Waals surface area contributed by atoms with Gasteiger partial charge in [0.1, 0.15) is 5.75 Å². The predicted octanol–water partition coefficient (Wildman–Crippen LogP) is 2.87. The highest BCUT2D eigenvalue weighted by atomic mass is 32.2. The summed E-state index contributed by atoms with van der Waals surface area (Å²) in [7, 11) is -3.55. The van der Waals surface area contributed by atoms with Crippen LogP contribution in [0, 0.1) is 0 Å². The van der Waals surface area contributed by atoms with Gasteiger partial charge in [0.2, 0.25) is 10.0 Å². The van der Waals surface area contributed by atoms with Crippen LogP contribution in [-0.4, -0.2) is 55.8 Å². The fraction of sp³-hybridized carbons (Fsp3) is 0.435. The molecule has 7 heteroatoms. The molecule has 2 aliphatic rings. The van der Waals surface area contributed by atoms with E-state index in [1.54, 1.807) is 17.9 Å². The van der Waals surface area contributed by atoms with Gasteiger partial charge in [0.25, 0.3) is 5.91 Å². The first kappa shape index (κ1) is 20.9. The molecule has 1 aliphatic heterocycles. The number of rotatable bonds is 5. The van der Waals surface area contributed by atoms with Gasteiger partial charge in [-0.3, -0.25) is 4.79 Å². The van der Waals surface area contributed by atoms with E-state index >= 15 is 0 Å². The smallest absolute Gasteiger partial charge is 0.263 e. The van der Waals surface area contributed by atoms with E-state index in [0.29, 0.717) is 36.8 Å². The van der Waals surface area contributed by atoms with Gasteiger partial charge in [-0.05, 0) is 68.0 Å². The third-order valence-electron chi connectivity index (χ3n) is 5.91. The Morgan fingerprint density at radius 3 is 2.30 bits per heavy atom. The molecule has 160 valence electrons. The Kier molecular flexibility index (Phi) is 6.11. The summed E-state index contributed by atoms with van der Waals surface area (Å²) in [6, 6.07) is 14.8. The van der Waals surface area contributed by atoms with Crippen molar-refractivity contribution < 1.29 is 17.9 Å². The molecular formula is C23H28N2O4S. The van der Waals surface area contributed by atoms with Crippen LogP contribution in [0.25, 0.3) is 0 Å². The Hall–Kier alpha value is -2.38. The molecule has 1 aliphatic carbocycles. The van der Waals surface area contributed by atoms with Crippen molar-refractivity contribution in [1.29, 1.82) is 0 Å².